The number of carboxylic acid groups (broad SMARTS) is 1. The molecule has 8 nitrogen and oxygen atoms in total. The fourth-order valence-corrected chi connectivity index (χ4v) is 6.82. The largest absolute Gasteiger partial charge is 0.492 e. The van der Waals surface area contributed by atoms with Crippen molar-refractivity contribution in [3.05, 3.63) is 94.0 Å². The Morgan fingerprint density at radius 2 is 1.89 bits per heavy atom. The van der Waals surface area contributed by atoms with Gasteiger partial charge in [-0.25, -0.2) is 4.79 Å². The number of carbonyl (C=O) groups excluding carboxylic acids is 1. The third kappa shape index (κ3) is 6.73. The number of nitrogens with zero attached hydrogens (tertiary/aromatic N) is 2. The first-order valence-electron chi connectivity index (χ1n) is 14.6. The monoisotopic (exact) mass is 627 g/mol. The number of aromatic nitrogens is 1. The van der Waals surface area contributed by atoms with Crippen LogP contribution in [0.5, 0.6) is 5.75 Å². The van der Waals surface area contributed by atoms with E-state index in [0.29, 0.717) is 28.8 Å². The molecule has 44 heavy (non-hydrogen) atoms. The first-order valence-corrected chi connectivity index (χ1v) is 15.8. The number of thiocarbonyl (C=S) groups is 1. The Morgan fingerprint density at radius 3 is 2.66 bits per heavy atom. The van der Waals surface area contributed by atoms with Crippen LogP contribution < -0.4 is 4.74 Å². The zero-order valence-corrected chi connectivity index (χ0v) is 26.0. The number of H-pyrrole nitrogens is 1. The number of aryl methyl sites for hydroxylation is 1. The van der Waals surface area contributed by atoms with E-state index in [4.69, 9.17) is 26.8 Å². The maximum absolute atomic E-state index is 13.4. The number of hydrogen-bond acceptors (Lipinski definition) is 7. The minimum atomic E-state index is -0.963. The highest BCUT2D eigenvalue weighted by atomic mass is 32.2. The average molecular weight is 628 g/mol. The number of morpholine rings is 1. The lowest BCUT2D eigenvalue weighted by Crippen LogP contribution is -2.38. The molecule has 0 radical (unpaired) electrons. The normalized spacial score (nSPS) is 16.8. The summed E-state index contributed by atoms with van der Waals surface area (Å²) in [4.78, 5) is 32.4. The molecule has 0 spiro atoms. The number of carbonyl (C=O) groups is 2. The van der Waals surface area contributed by atoms with Gasteiger partial charge in [0, 0.05) is 48.8 Å². The zero-order valence-electron chi connectivity index (χ0n) is 24.4. The molecule has 3 heterocycles. The van der Waals surface area contributed by atoms with Gasteiger partial charge in [0.15, 0.2) is 0 Å². The molecule has 2 saturated heterocycles. The Bertz CT molecular complexity index is 1740. The maximum atomic E-state index is 13.4. The van der Waals surface area contributed by atoms with E-state index < -0.39 is 5.97 Å². The molecule has 0 saturated carbocycles. The van der Waals surface area contributed by atoms with Gasteiger partial charge >= 0.3 is 5.97 Å². The van der Waals surface area contributed by atoms with E-state index in [-0.39, 0.29) is 11.5 Å². The highest BCUT2D eigenvalue weighted by molar-refractivity contribution is 8.26. The Labute approximate surface area is 265 Å². The minimum absolute atomic E-state index is 0.126. The molecule has 2 fully saturated rings. The minimum Gasteiger partial charge on any atom is -0.492 e. The standard InChI is InChI=1S/C34H33N3O5S2/c1-22-18-27(21-26-8-10-35-31(22)26)28-19-24(4-7-29(28)42-17-14-36-12-15-41-16-13-36)20-30-32(38)37(34(43)44-30)11-9-23-2-5-25(6-3-23)33(39)40/h2-8,10,18-21,35H,9,11-17H2,1H3,(H,39,40)/b30-20-. The summed E-state index contributed by atoms with van der Waals surface area (Å²) in [5.41, 5.74) is 6.33. The van der Waals surface area contributed by atoms with E-state index in [1.807, 2.05) is 24.4 Å². The summed E-state index contributed by atoms with van der Waals surface area (Å²) in [7, 11) is 0. The molecule has 2 N–H and O–H groups in total. The first-order chi connectivity index (χ1) is 21.4. The average Bonchev–Trinajstić information content (AvgIpc) is 3.61. The number of thioether (sulfide) groups is 1. The number of aromatic amines is 1. The quantitative estimate of drug-likeness (QED) is 0.163. The highest BCUT2D eigenvalue weighted by Gasteiger charge is 2.31. The number of ether oxygens (including phenoxy) is 2. The second kappa shape index (κ2) is 13.4. The van der Waals surface area contributed by atoms with Gasteiger partial charge in [0.05, 0.1) is 23.7 Å². The predicted molar refractivity (Wildman–Crippen MR) is 178 cm³/mol. The van der Waals surface area contributed by atoms with Gasteiger partial charge in [-0.2, -0.15) is 0 Å². The van der Waals surface area contributed by atoms with Crippen molar-refractivity contribution in [2.45, 2.75) is 13.3 Å². The third-order valence-corrected chi connectivity index (χ3v) is 9.31. The molecule has 0 atom stereocenters. The van der Waals surface area contributed by atoms with Crippen molar-refractivity contribution in [2.24, 2.45) is 0 Å². The first kappa shape index (κ1) is 30.1. The van der Waals surface area contributed by atoms with Gasteiger partial charge in [0.2, 0.25) is 0 Å². The number of amides is 1. The summed E-state index contributed by atoms with van der Waals surface area (Å²) >= 11 is 6.87. The van der Waals surface area contributed by atoms with E-state index >= 15 is 0 Å². The van der Waals surface area contributed by atoms with Crippen LogP contribution in [-0.4, -0.2) is 82.1 Å². The van der Waals surface area contributed by atoms with Crippen LogP contribution in [0.25, 0.3) is 28.1 Å². The molecule has 2 aliphatic rings. The van der Waals surface area contributed by atoms with Gasteiger partial charge in [0.25, 0.3) is 5.91 Å². The summed E-state index contributed by atoms with van der Waals surface area (Å²) in [5.74, 6) is -0.292. The van der Waals surface area contributed by atoms with Gasteiger partial charge in [-0.1, -0.05) is 42.2 Å². The van der Waals surface area contributed by atoms with Crippen molar-refractivity contribution in [1.82, 2.24) is 14.8 Å². The molecule has 0 unspecified atom stereocenters. The van der Waals surface area contributed by atoms with Gasteiger partial charge < -0.3 is 19.6 Å². The lowest BCUT2D eigenvalue weighted by molar-refractivity contribution is -0.122. The summed E-state index contributed by atoms with van der Waals surface area (Å²) in [5, 5.41) is 10.3. The van der Waals surface area contributed by atoms with Crippen LogP contribution in [0.4, 0.5) is 0 Å². The zero-order chi connectivity index (χ0) is 30.6. The van der Waals surface area contributed by atoms with E-state index in [1.54, 1.807) is 29.2 Å². The Balaban J connectivity index is 1.22. The number of aromatic carboxylic acids is 1. The molecular weight excluding hydrogens is 595 g/mol. The summed E-state index contributed by atoms with van der Waals surface area (Å²) in [6.07, 6.45) is 4.41. The lowest BCUT2D eigenvalue weighted by atomic mass is 9.98. The molecule has 2 aliphatic heterocycles. The molecule has 0 aliphatic carbocycles. The van der Waals surface area contributed by atoms with Crippen LogP contribution >= 0.6 is 24.0 Å². The fraction of sp³-hybridized carbons (Fsp3) is 0.265. The molecule has 3 aromatic carbocycles. The summed E-state index contributed by atoms with van der Waals surface area (Å²) in [6, 6.07) is 19.1. The van der Waals surface area contributed by atoms with E-state index in [2.05, 4.69) is 41.1 Å². The maximum Gasteiger partial charge on any atom is 0.335 e. The van der Waals surface area contributed by atoms with Crippen molar-refractivity contribution in [3.63, 3.8) is 0 Å². The molecule has 1 amide bonds. The third-order valence-electron chi connectivity index (χ3n) is 7.94. The number of fused-ring (bicyclic) bond motifs is 1. The highest BCUT2D eigenvalue weighted by Crippen LogP contribution is 2.37. The summed E-state index contributed by atoms with van der Waals surface area (Å²) in [6.45, 7) is 7.23. The smallest absolute Gasteiger partial charge is 0.335 e. The Hall–Kier alpha value is -3.96. The second-order valence-electron chi connectivity index (χ2n) is 10.9. The van der Waals surface area contributed by atoms with Crippen LogP contribution in [-0.2, 0) is 16.0 Å². The van der Waals surface area contributed by atoms with Gasteiger partial charge in [0.1, 0.15) is 16.7 Å². The molecule has 226 valence electrons. The number of benzene rings is 3. The lowest BCUT2D eigenvalue weighted by Gasteiger charge is -2.26. The number of hydrogen-bond donors (Lipinski definition) is 2. The number of nitrogens with one attached hydrogen (secondary N) is 1. The van der Waals surface area contributed by atoms with Gasteiger partial charge in [-0.15, -0.1) is 0 Å². The van der Waals surface area contributed by atoms with E-state index in [1.165, 1.54) is 11.8 Å². The van der Waals surface area contributed by atoms with Crippen molar-refractivity contribution < 1.29 is 24.2 Å². The molecule has 1 aromatic heterocycles. The SMILES string of the molecule is Cc1cc(-c2cc(/C=C3\SC(=S)N(CCc4ccc(C(=O)O)cc4)C3=O)ccc2OCCN2CCOCC2)cc2cc[nH]c12. The van der Waals surface area contributed by atoms with Crippen molar-refractivity contribution >= 4 is 57.2 Å². The predicted octanol–water partition coefficient (Wildman–Crippen LogP) is 6.00. The van der Waals surface area contributed by atoms with Crippen molar-refractivity contribution in [3.8, 4) is 16.9 Å². The molecule has 0 bridgehead atoms. The topological polar surface area (TPSA) is 95.1 Å². The van der Waals surface area contributed by atoms with E-state index in [9.17, 15) is 9.59 Å². The van der Waals surface area contributed by atoms with Crippen LogP contribution in [0.2, 0.25) is 0 Å². The van der Waals surface area contributed by atoms with Crippen molar-refractivity contribution in [2.75, 3.05) is 46.0 Å². The van der Waals surface area contributed by atoms with Gasteiger partial charge in [-0.3, -0.25) is 14.6 Å². The van der Waals surface area contributed by atoms with Gasteiger partial charge in [-0.05, 0) is 84.1 Å². The Kier molecular flexibility index (Phi) is 9.13. The number of carboxylic acids is 1. The van der Waals surface area contributed by atoms with Crippen LogP contribution in [0.1, 0.15) is 27.0 Å². The molecule has 6 rings (SSSR count). The number of rotatable bonds is 10. The summed E-state index contributed by atoms with van der Waals surface area (Å²) < 4.78 is 12.3. The van der Waals surface area contributed by atoms with Crippen molar-refractivity contribution in [1.29, 1.82) is 0 Å². The second-order valence-corrected chi connectivity index (χ2v) is 12.6. The molecular formula is C34H33N3O5S2. The molecule has 10 heteroatoms. The fourth-order valence-electron chi connectivity index (χ4n) is 5.51. The van der Waals surface area contributed by atoms with E-state index in [0.717, 1.165) is 77.3 Å². The van der Waals surface area contributed by atoms with Crippen LogP contribution in [0, 0.1) is 6.92 Å². The molecule has 4 aromatic rings. The Morgan fingerprint density at radius 1 is 1.09 bits per heavy atom. The van der Waals surface area contributed by atoms with Crippen LogP contribution in [0.15, 0.2) is 71.8 Å². The van der Waals surface area contributed by atoms with Crippen LogP contribution in [0.3, 0.4) is 0 Å².